The van der Waals surface area contributed by atoms with Crippen molar-refractivity contribution in [3.05, 3.63) is 0 Å². The smallest absolute Gasteiger partial charge is 0.217 e. The van der Waals surface area contributed by atoms with Gasteiger partial charge in [0.2, 0.25) is 6.29 Å². The van der Waals surface area contributed by atoms with Crippen molar-refractivity contribution in [2.45, 2.75) is 19.4 Å². The van der Waals surface area contributed by atoms with Gasteiger partial charge in [0, 0.05) is 13.1 Å². The number of hydrogen-bond donors (Lipinski definition) is 0. The zero-order valence-electron chi connectivity index (χ0n) is 6.88. The van der Waals surface area contributed by atoms with E-state index in [0.717, 1.165) is 32.7 Å². The van der Waals surface area contributed by atoms with E-state index in [1.165, 1.54) is 0 Å². The van der Waals surface area contributed by atoms with Crippen molar-refractivity contribution < 1.29 is 9.53 Å². The van der Waals surface area contributed by atoms with Gasteiger partial charge in [-0.2, -0.15) is 0 Å². The normalized spacial score (nSPS) is 23.0. The van der Waals surface area contributed by atoms with Crippen LogP contribution in [-0.2, 0) is 9.53 Å². The fourth-order valence-corrected chi connectivity index (χ4v) is 1.31. The number of ether oxygens (including phenoxy) is 1. The molecule has 1 fully saturated rings. The first-order valence-corrected chi connectivity index (χ1v) is 4.08. The van der Waals surface area contributed by atoms with E-state index in [4.69, 9.17) is 4.74 Å². The lowest BCUT2D eigenvalue weighted by atomic mass is 10.2. The molecule has 0 bridgehead atoms. The Kier molecular flexibility index (Phi) is 3.52. The molecule has 3 nitrogen and oxygen atoms in total. The van der Waals surface area contributed by atoms with Crippen molar-refractivity contribution in [1.82, 2.24) is 4.90 Å². The van der Waals surface area contributed by atoms with E-state index >= 15 is 0 Å². The molecule has 0 N–H and O–H groups in total. The molecule has 0 amide bonds. The van der Waals surface area contributed by atoms with E-state index in [-0.39, 0.29) is 6.04 Å². The molecular weight excluding hydrogens is 142 g/mol. The molecule has 63 valence electrons. The van der Waals surface area contributed by atoms with Crippen molar-refractivity contribution in [2.24, 2.45) is 0 Å². The van der Waals surface area contributed by atoms with Crippen molar-refractivity contribution >= 4 is 6.29 Å². The summed E-state index contributed by atoms with van der Waals surface area (Å²) in [5, 5.41) is 0. The molecule has 3 heteroatoms. The molecule has 1 saturated heterocycles. The SMILES string of the molecule is CCC([C]=O)N1CCOCC1. The minimum Gasteiger partial charge on any atom is -0.379 e. The van der Waals surface area contributed by atoms with Gasteiger partial charge in [0.25, 0.3) is 0 Å². The van der Waals surface area contributed by atoms with Crippen molar-refractivity contribution in [2.75, 3.05) is 26.3 Å². The Hall–Kier alpha value is -0.410. The van der Waals surface area contributed by atoms with Gasteiger partial charge in [-0.1, -0.05) is 6.92 Å². The summed E-state index contributed by atoms with van der Waals surface area (Å²) in [6.07, 6.45) is 2.89. The van der Waals surface area contributed by atoms with Crippen molar-refractivity contribution in [1.29, 1.82) is 0 Å². The lowest BCUT2D eigenvalue weighted by Crippen LogP contribution is -2.43. The Labute approximate surface area is 67.3 Å². The molecule has 0 aromatic carbocycles. The number of carbonyl (C=O) groups excluding carboxylic acids is 1. The van der Waals surface area contributed by atoms with Crippen LogP contribution >= 0.6 is 0 Å². The third kappa shape index (κ3) is 2.27. The molecule has 1 heterocycles. The zero-order chi connectivity index (χ0) is 8.10. The highest BCUT2D eigenvalue weighted by atomic mass is 16.5. The summed E-state index contributed by atoms with van der Waals surface area (Å²) in [5.74, 6) is 0. The maximum Gasteiger partial charge on any atom is 0.217 e. The van der Waals surface area contributed by atoms with E-state index in [2.05, 4.69) is 4.90 Å². The molecule has 0 aromatic rings. The minimum absolute atomic E-state index is 0.0149. The number of hydrogen-bond acceptors (Lipinski definition) is 3. The Morgan fingerprint density at radius 2 is 2.18 bits per heavy atom. The van der Waals surface area contributed by atoms with Gasteiger partial charge in [-0.3, -0.25) is 9.69 Å². The third-order valence-corrected chi connectivity index (χ3v) is 2.01. The van der Waals surface area contributed by atoms with Gasteiger partial charge in [0.15, 0.2) is 0 Å². The van der Waals surface area contributed by atoms with Gasteiger partial charge in [-0.25, -0.2) is 0 Å². The van der Waals surface area contributed by atoms with Crippen LogP contribution in [0.5, 0.6) is 0 Å². The minimum atomic E-state index is -0.0149. The Morgan fingerprint density at radius 3 is 2.64 bits per heavy atom. The van der Waals surface area contributed by atoms with Crippen LogP contribution in [0.3, 0.4) is 0 Å². The Balaban J connectivity index is 2.35. The monoisotopic (exact) mass is 156 g/mol. The molecule has 0 aromatic heterocycles. The molecule has 1 unspecified atom stereocenters. The lowest BCUT2D eigenvalue weighted by molar-refractivity contribution is 0.0280. The van der Waals surface area contributed by atoms with Crippen LogP contribution < -0.4 is 0 Å². The average Bonchev–Trinajstić information content (AvgIpc) is 2.09. The van der Waals surface area contributed by atoms with Gasteiger partial charge in [0.1, 0.15) is 0 Å². The third-order valence-electron chi connectivity index (χ3n) is 2.01. The molecule has 1 aliphatic rings. The second kappa shape index (κ2) is 4.46. The van der Waals surface area contributed by atoms with E-state index in [0.29, 0.717) is 0 Å². The largest absolute Gasteiger partial charge is 0.379 e. The fourth-order valence-electron chi connectivity index (χ4n) is 1.31. The zero-order valence-corrected chi connectivity index (χ0v) is 6.88. The summed E-state index contributed by atoms with van der Waals surface area (Å²) in [5.41, 5.74) is 0. The van der Waals surface area contributed by atoms with Crippen LogP contribution in [0.25, 0.3) is 0 Å². The summed E-state index contributed by atoms with van der Waals surface area (Å²) in [7, 11) is 0. The molecule has 0 aliphatic carbocycles. The molecule has 1 radical (unpaired) electrons. The first-order chi connectivity index (χ1) is 5.38. The lowest BCUT2D eigenvalue weighted by Gasteiger charge is -2.30. The van der Waals surface area contributed by atoms with Gasteiger partial charge in [-0.05, 0) is 6.42 Å². The fraction of sp³-hybridized carbons (Fsp3) is 0.875. The van der Waals surface area contributed by atoms with Crippen LogP contribution in [0.4, 0.5) is 0 Å². The van der Waals surface area contributed by atoms with Crippen molar-refractivity contribution in [3.8, 4) is 0 Å². The highest BCUT2D eigenvalue weighted by Gasteiger charge is 2.18. The summed E-state index contributed by atoms with van der Waals surface area (Å²) in [4.78, 5) is 12.5. The average molecular weight is 156 g/mol. The predicted octanol–water partition coefficient (Wildman–Crippen LogP) is 0.207. The summed E-state index contributed by atoms with van der Waals surface area (Å²) in [6, 6.07) is -0.0149. The topological polar surface area (TPSA) is 29.5 Å². The molecule has 1 atom stereocenters. The molecule has 0 saturated carbocycles. The molecular formula is C8H14NO2. The van der Waals surface area contributed by atoms with E-state index in [1.54, 1.807) is 0 Å². The second-order valence-corrected chi connectivity index (χ2v) is 2.69. The standard InChI is InChI=1S/C8H14NO2/c1-2-8(7-10)9-3-5-11-6-4-9/h8H,2-6H2,1H3. The second-order valence-electron chi connectivity index (χ2n) is 2.69. The van der Waals surface area contributed by atoms with E-state index < -0.39 is 0 Å². The first kappa shape index (κ1) is 8.68. The Morgan fingerprint density at radius 1 is 1.55 bits per heavy atom. The molecule has 1 aliphatic heterocycles. The highest BCUT2D eigenvalue weighted by Crippen LogP contribution is 2.04. The number of morpholine rings is 1. The van der Waals surface area contributed by atoms with Gasteiger partial charge in [0.05, 0.1) is 19.3 Å². The van der Waals surface area contributed by atoms with Crippen LogP contribution in [0.1, 0.15) is 13.3 Å². The van der Waals surface area contributed by atoms with Gasteiger partial charge < -0.3 is 4.74 Å². The quantitative estimate of drug-likeness (QED) is 0.585. The van der Waals surface area contributed by atoms with E-state index in [9.17, 15) is 4.79 Å². The molecule has 11 heavy (non-hydrogen) atoms. The van der Waals surface area contributed by atoms with Gasteiger partial charge >= 0.3 is 0 Å². The maximum absolute atomic E-state index is 10.4. The van der Waals surface area contributed by atoms with Crippen LogP contribution in [0.2, 0.25) is 0 Å². The van der Waals surface area contributed by atoms with Crippen LogP contribution in [0, 0.1) is 0 Å². The van der Waals surface area contributed by atoms with E-state index in [1.807, 2.05) is 13.2 Å². The number of rotatable bonds is 3. The summed E-state index contributed by atoms with van der Waals surface area (Å²) < 4.78 is 5.17. The van der Waals surface area contributed by atoms with Crippen LogP contribution in [-0.4, -0.2) is 43.5 Å². The Bertz CT molecular complexity index is 121. The molecule has 1 rings (SSSR count). The van der Waals surface area contributed by atoms with Crippen LogP contribution in [0.15, 0.2) is 0 Å². The predicted molar refractivity (Wildman–Crippen MR) is 42.2 cm³/mol. The number of nitrogens with zero attached hydrogens (tertiary/aromatic N) is 1. The first-order valence-electron chi connectivity index (χ1n) is 4.08. The van der Waals surface area contributed by atoms with Gasteiger partial charge in [-0.15, -0.1) is 0 Å². The highest BCUT2D eigenvalue weighted by molar-refractivity contribution is 5.58. The maximum atomic E-state index is 10.4. The van der Waals surface area contributed by atoms with Crippen molar-refractivity contribution in [3.63, 3.8) is 0 Å². The molecule has 0 spiro atoms. The summed E-state index contributed by atoms with van der Waals surface area (Å²) >= 11 is 0. The summed E-state index contributed by atoms with van der Waals surface area (Å²) in [6.45, 7) is 5.24.